The number of rotatable bonds is 4. The van der Waals surface area contributed by atoms with Crippen LogP contribution in [-0.4, -0.2) is 24.5 Å². The smallest absolute Gasteiger partial charge is 0.149 e. The summed E-state index contributed by atoms with van der Waals surface area (Å²) in [5, 5.41) is 16.6. The van der Waals surface area contributed by atoms with Gasteiger partial charge in [-0.25, -0.2) is 0 Å². The molecule has 0 saturated heterocycles. The van der Waals surface area contributed by atoms with E-state index in [1.165, 1.54) is 17.7 Å². The van der Waals surface area contributed by atoms with Crippen LogP contribution in [0.2, 0.25) is 0 Å². The third-order valence-electron chi connectivity index (χ3n) is 4.27. The highest BCUT2D eigenvalue weighted by Gasteiger charge is 2.21. The number of hydrogen-bond acceptors (Lipinski definition) is 4. The van der Waals surface area contributed by atoms with Crippen LogP contribution in [0, 0.1) is 13.8 Å². The third-order valence-corrected chi connectivity index (χ3v) is 4.27. The molecular formula is C14H22N6. The summed E-state index contributed by atoms with van der Waals surface area (Å²) < 4.78 is 4.19. The molecule has 6 heteroatoms. The Morgan fingerprint density at radius 2 is 2.10 bits per heavy atom. The van der Waals surface area contributed by atoms with Crippen LogP contribution in [0.25, 0.3) is 0 Å². The van der Waals surface area contributed by atoms with Gasteiger partial charge >= 0.3 is 0 Å². The summed E-state index contributed by atoms with van der Waals surface area (Å²) in [6.45, 7) is 8.18. The fourth-order valence-corrected chi connectivity index (χ4v) is 2.91. The summed E-state index contributed by atoms with van der Waals surface area (Å²) in [6.07, 6.45) is 2.24. The number of hydrogen-bond donors (Lipinski definition) is 1. The SMILES string of the molecule is Cc1nn(C)c(C)c1CNC(C)c1nnc2n1CCC2. The van der Waals surface area contributed by atoms with E-state index in [2.05, 4.69) is 46.0 Å². The Hall–Kier alpha value is -1.69. The largest absolute Gasteiger partial charge is 0.314 e. The van der Waals surface area contributed by atoms with E-state index in [-0.39, 0.29) is 6.04 Å². The van der Waals surface area contributed by atoms with Crippen molar-refractivity contribution in [2.75, 3.05) is 0 Å². The summed E-state index contributed by atoms with van der Waals surface area (Å²) in [5.41, 5.74) is 3.59. The minimum absolute atomic E-state index is 0.202. The Balaban J connectivity index is 1.72. The van der Waals surface area contributed by atoms with Gasteiger partial charge < -0.3 is 9.88 Å². The Morgan fingerprint density at radius 1 is 1.30 bits per heavy atom. The van der Waals surface area contributed by atoms with Crippen molar-refractivity contribution in [2.24, 2.45) is 7.05 Å². The standard InChI is InChI=1S/C14H22N6/c1-9-12(11(3)19(4)18-9)8-15-10(2)14-17-16-13-6-5-7-20(13)14/h10,15H,5-8H2,1-4H3. The van der Waals surface area contributed by atoms with Gasteiger partial charge in [0.15, 0.2) is 0 Å². The molecule has 2 aromatic rings. The Morgan fingerprint density at radius 3 is 2.80 bits per heavy atom. The van der Waals surface area contributed by atoms with Crippen LogP contribution in [0.3, 0.4) is 0 Å². The summed E-state index contributed by atoms with van der Waals surface area (Å²) in [6, 6.07) is 0.202. The van der Waals surface area contributed by atoms with Crippen molar-refractivity contribution in [3.05, 3.63) is 28.6 Å². The summed E-state index contributed by atoms with van der Waals surface area (Å²) >= 11 is 0. The van der Waals surface area contributed by atoms with Crippen molar-refractivity contribution < 1.29 is 0 Å². The zero-order valence-corrected chi connectivity index (χ0v) is 12.6. The normalized spacial score (nSPS) is 15.6. The molecule has 6 nitrogen and oxygen atoms in total. The van der Waals surface area contributed by atoms with Gasteiger partial charge in [0, 0.05) is 37.8 Å². The first-order valence-corrected chi connectivity index (χ1v) is 7.22. The second-order valence-electron chi connectivity index (χ2n) is 5.61. The molecule has 0 amide bonds. The van der Waals surface area contributed by atoms with Crippen molar-refractivity contribution in [3.8, 4) is 0 Å². The van der Waals surface area contributed by atoms with Crippen molar-refractivity contribution >= 4 is 0 Å². The van der Waals surface area contributed by atoms with E-state index in [1.54, 1.807) is 0 Å². The van der Waals surface area contributed by atoms with E-state index >= 15 is 0 Å². The van der Waals surface area contributed by atoms with Crippen LogP contribution in [0.4, 0.5) is 0 Å². The van der Waals surface area contributed by atoms with Crippen LogP contribution in [-0.2, 0) is 26.6 Å². The first-order chi connectivity index (χ1) is 9.58. The molecule has 1 aliphatic rings. The monoisotopic (exact) mass is 274 g/mol. The van der Waals surface area contributed by atoms with E-state index in [9.17, 15) is 0 Å². The predicted octanol–water partition coefficient (Wildman–Crippen LogP) is 1.43. The maximum atomic E-state index is 4.45. The van der Waals surface area contributed by atoms with Crippen LogP contribution < -0.4 is 5.32 Å². The van der Waals surface area contributed by atoms with Crippen LogP contribution >= 0.6 is 0 Å². The van der Waals surface area contributed by atoms with Gasteiger partial charge in [0.1, 0.15) is 11.6 Å². The van der Waals surface area contributed by atoms with E-state index < -0.39 is 0 Å². The minimum atomic E-state index is 0.202. The molecule has 108 valence electrons. The van der Waals surface area contributed by atoms with Crippen LogP contribution in [0.1, 0.15) is 48.0 Å². The molecule has 1 aliphatic heterocycles. The van der Waals surface area contributed by atoms with Gasteiger partial charge in [0.05, 0.1) is 11.7 Å². The molecule has 0 saturated carbocycles. The summed E-state index contributed by atoms with van der Waals surface area (Å²) in [5.74, 6) is 2.18. The Kier molecular flexibility index (Phi) is 3.33. The highest BCUT2D eigenvalue weighted by Crippen LogP contribution is 2.20. The highest BCUT2D eigenvalue weighted by atomic mass is 15.3. The Bertz CT molecular complexity index is 624. The van der Waals surface area contributed by atoms with E-state index in [0.29, 0.717) is 0 Å². The molecule has 0 aromatic carbocycles. The molecule has 0 spiro atoms. The van der Waals surface area contributed by atoms with E-state index in [0.717, 1.165) is 36.9 Å². The lowest BCUT2D eigenvalue weighted by Gasteiger charge is -2.14. The first-order valence-electron chi connectivity index (χ1n) is 7.22. The zero-order valence-electron chi connectivity index (χ0n) is 12.6. The van der Waals surface area contributed by atoms with Gasteiger partial charge in [-0.2, -0.15) is 5.10 Å². The maximum Gasteiger partial charge on any atom is 0.149 e. The van der Waals surface area contributed by atoms with Gasteiger partial charge in [-0.3, -0.25) is 4.68 Å². The first kappa shape index (κ1) is 13.3. The molecule has 0 aliphatic carbocycles. The molecule has 2 aromatic heterocycles. The zero-order chi connectivity index (χ0) is 14.3. The number of nitrogens with zero attached hydrogens (tertiary/aromatic N) is 5. The quantitative estimate of drug-likeness (QED) is 0.916. The molecule has 3 heterocycles. The van der Waals surface area contributed by atoms with Crippen molar-refractivity contribution in [3.63, 3.8) is 0 Å². The lowest BCUT2D eigenvalue weighted by Crippen LogP contribution is -2.22. The van der Waals surface area contributed by atoms with Gasteiger partial charge in [-0.05, 0) is 27.2 Å². The summed E-state index contributed by atoms with van der Waals surface area (Å²) in [4.78, 5) is 0. The van der Waals surface area contributed by atoms with Crippen molar-refractivity contribution in [1.29, 1.82) is 0 Å². The van der Waals surface area contributed by atoms with Crippen molar-refractivity contribution in [1.82, 2.24) is 29.9 Å². The molecule has 0 fully saturated rings. The topological polar surface area (TPSA) is 60.6 Å². The average molecular weight is 274 g/mol. The van der Waals surface area contributed by atoms with Gasteiger partial charge in [0.2, 0.25) is 0 Å². The summed E-state index contributed by atoms with van der Waals surface area (Å²) in [7, 11) is 1.99. The highest BCUT2D eigenvalue weighted by molar-refractivity contribution is 5.24. The average Bonchev–Trinajstić information content (AvgIpc) is 3.04. The number of nitrogens with one attached hydrogen (secondary N) is 1. The molecule has 1 atom stereocenters. The minimum Gasteiger partial charge on any atom is -0.314 e. The van der Waals surface area contributed by atoms with Gasteiger partial charge in [-0.15, -0.1) is 10.2 Å². The molecule has 0 bridgehead atoms. The van der Waals surface area contributed by atoms with E-state index in [4.69, 9.17) is 0 Å². The fraction of sp³-hybridized carbons (Fsp3) is 0.643. The van der Waals surface area contributed by atoms with Crippen LogP contribution in [0.15, 0.2) is 0 Å². The number of aryl methyl sites for hydroxylation is 3. The Labute approximate surface area is 119 Å². The van der Waals surface area contributed by atoms with Gasteiger partial charge in [-0.1, -0.05) is 0 Å². The fourth-order valence-electron chi connectivity index (χ4n) is 2.91. The molecule has 1 N–H and O–H groups in total. The van der Waals surface area contributed by atoms with Crippen molar-refractivity contribution in [2.45, 2.75) is 52.7 Å². The molecule has 0 radical (unpaired) electrons. The lowest BCUT2D eigenvalue weighted by atomic mass is 10.2. The number of aromatic nitrogens is 5. The van der Waals surface area contributed by atoms with E-state index in [1.807, 2.05) is 11.7 Å². The van der Waals surface area contributed by atoms with Crippen LogP contribution in [0.5, 0.6) is 0 Å². The second kappa shape index (κ2) is 5.01. The lowest BCUT2D eigenvalue weighted by molar-refractivity contribution is 0.514. The molecule has 3 rings (SSSR count). The second-order valence-corrected chi connectivity index (χ2v) is 5.61. The van der Waals surface area contributed by atoms with Gasteiger partial charge in [0.25, 0.3) is 0 Å². The third kappa shape index (κ3) is 2.14. The molecule has 20 heavy (non-hydrogen) atoms. The predicted molar refractivity (Wildman–Crippen MR) is 76.3 cm³/mol. The molecule has 1 unspecified atom stereocenters. The molecular weight excluding hydrogens is 252 g/mol. The maximum absolute atomic E-state index is 4.45. The number of fused-ring (bicyclic) bond motifs is 1.